The number of hydrogen-bond donors (Lipinski definition) is 0. The molecule has 0 N–H and O–H groups in total. The van der Waals surface area contributed by atoms with Gasteiger partial charge >= 0.3 is 0 Å². The first-order chi connectivity index (χ1) is 37.6. The van der Waals surface area contributed by atoms with Gasteiger partial charge in [0.25, 0.3) is 0 Å². The lowest BCUT2D eigenvalue weighted by Crippen LogP contribution is -2.10. The smallest absolute Gasteiger partial charge is 0.0541 e. The monoisotopic (exact) mass is 1020 g/mol. The quantitative estimate of drug-likeness (QED) is 0.157. The summed E-state index contributed by atoms with van der Waals surface area (Å²) in [5, 5.41) is 7.34. The predicted octanol–water partition coefficient (Wildman–Crippen LogP) is 18.9. The number of fused-ring (bicyclic) bond motifs is 9. The topological polar surface area (TPSA) is 14.8 Å². The molecule has 3 nitrogen and oxygen atoms in total. The van der Waals surface area contributed by atoms with Crippen LogP contribution in [0.4, 0.5) is 0 Å². The van der Waals surface area contributed by atoms with Crippen molar-refractivity contribution in [3.63, 3.8) is 0 Å². The molecule has 3 heteroatoms. The van der Waals surface area contributed by atoms with Gasteiger partial charge in [-0.2, -0.15) is 0 Å². The molecule has 0 unspecified atom stereocenters. The summed E-state index contributed by atoms with van der Waals surface area (Å²) < 4.78 is 7.11. The minimum atomic E-state index is 0.0421. The summed E-state index contributed by atoms with van der Waals surface area (Å²) in [6, 6.07) is 66.6. The maximum atomic E-state index is 5.79. The van der Waals surface area contributed by atoms with Crippen LogP contribution < -0.4 is 0 Å². The van der Waals surface area contributed by atoms with E-state index in [-0.39, 0.29) is 21.7 Å². The molecule has 0 amide bonds. The van der Waals surface area contributed by atoms with Crippen LogP contribution >= 0.6 is 0 Å². The van der Waals surface area contributed by atoms with Crippen LogP contribution in [0.15, 0.2) is 182 Å². The van der Waals surface area contributed by atoms with Gasteiger partial charge in [0.2, 0.25) is 0 Å². The molecule has 12 aromatic rings. The van der Waals surface area contributed by atoms with E-state index in [4.69, 9.17) is 6.42 Å². The minimum absolute atomic E-state index is 0.0421. The fourth-order valence-electron chi connectivity index (χ4n) is 11.3. The van der Waals surface area contributed by atoms with E-state index >= 15 is 0 Å². The average molecular weight is 1020 g/mol. The van der Waals surface area contributed by atoms with Gasteiger partial charge in [0, 0.05) is 77.2 Å². The lowest BCUT2D eigenvalue weighted by molar-refractivity contribution is 0.590. The third kappa shape index (κ3) is 9.27. The molecule has 3 aromatic heterocycles. The first-order valence-electron chi connectivity index (χ1n) is 27.7. The second-order valence-electron chi connectivity index (χ2n) is 25.7. The van der Waals surface area contributed by atoms with Crippen LogP contribution in [0.1, 0.15) is 133 Å². The second kappa shape index (κ2) is 18.6. The zero-order chi connectivity index (χ0) is 55.3. The zero-order valence-electron chi connectivity index (χ0n) is 47.7. The Morgan fingerprint density at radius 1 is 0.253 bits per heavy atom. The summed E-state index contributed by atoms with van der Waals surface area (Å²) in [6.07, 6.45) is 5.79. The standard InChI is InChI=1S/C76H67N3/c1-14-49-19-31-58(32-20-49)77-67-37-25-52(17-15-50-21-33-59(34-22-50)78-69-39-27-54(73(2,3)4)45-63(69)64-46-55(74(5,6)7)28-40-70(64)78)43-61(67)62-44-53(26-38-68(62)77)18-16-51-23-35-60(36-24-51)79-71-41-29-56(75(8,9)10)47-65(71)66-48-57(76(11,12)13)30-42-72(66)79/h1,19-48H,2-13H3. The molecule has 0 aliphatic heterocycles. The molecule has 0 bridgehead atoms. The van der Waals surface area contributed by atoms with Crippen LogP contribution in [0.2, 0.25) is 0 Å². The molecule has 0 saturated carbocycles. The number of benzene rings is 9. The van der Waals surface area contributed by atoms with Crippen LogP contribution in [0.3, 0.4) is 0 Å². The Bertz CT molecular complexity index is 4190. The van der Waals surface area contributed by atoms with Gasteiger partial charge in [0.05, 0.1) is 33.1 Å². The maximum Gasteiger partial charge on any atom is 0.0541 e. The van der Waals surface area contributed by atoms with Crippen molar-refractivity contribution in [1.82, 2.24) is 13.7 Å². The molecule has 12 rings (SSSR count). The molecule has 0 radical (unpaired) electrons. The largest absolute Gasteiger partial charge is 0.309 e. The molecule has 79 heavy (non-hydrogen) atoms. The van der Waals surface area contributed by atoms with Gasteiger partial charge in [-0.05, 0) is 202 Å². The molecule has 0 fully saturated rings. The summed E-state index contributed by atoms with van der Waals surface area (Å²) in [5.41, 5.74) is 20.4. The van der Waals surface area contributed by atoms with Crippen molar-refractivity contribution in [2.45, 2.75) is 105 Å². The van der Waals surface area contributed by atoms with Gasteiger partial charge < -0.3 is 13.7 Å². The Hall–Kier alpha value is -8.94. The van der Waals surface area contributed by atoms with Crippen LogP contribution in [-0.2, 0) is 21.7 Å². The number of rotatable bonds is 3. The molecular formula is C76H67N3. The van der Waals surface area contributed by atoms with Gasteiger partial charge in [-0.3, -0.25) is 0 Å². The lowest BCUT2D eigenvalue weighted by Gasteiger charge is -2.19. The van der Waals surface area contributed by atoms with Gasteiger partial charge in [-0.25, -0.2) is 0 Å². The zero-order valence-corrected chi connectivity index (χ0v) is 47.7. The summed E-state index contributed by atoms with van der Waals surface area (Å²) in [4.78, 5) is 0. The molecule has 3 heterocycles. The minimum Gasteiger partial charge on any atom is -0.309 e. The Morgan fingerprint density at radius 3 is 0.722 bits per heavy atom. The van der Waals surface area contributed by atoms with E-state index in [0.717, 1.165) is 66.7 Å². The van der Waals surface area contributed by atoms with E-state index in [9.17, 15) is 0 Å². The fraction of sp³-hybridized carbons (Fsp3) is 0.211. The SMILES string of the molecule is C#Cc1ccc(-n2c3ccc(C#Cc4ccc(-n5c6ccc(C(C)(C)C)cc6c6cc(C(C)(C)C)ccc65)cc4)cc3c3cc(C#Cc4ccc(-n5c6ccc(C(C)(C)C)cc6c6cc(C(C)(C)C)ccc65)cc4)ccc32)cc1. The number of nitrogens with zero attached hydrogens (tertiary/aromatic N) is 3. The summed E-state index contributed by atoms with van der Waals surface area (Å²) in [6.45, 7) is 27.4. The summed E-state index contributed by atoms with van der Waals surface area (Å²) in [5.74, 6) is 16.8. The van der Waals surface area contributed by atoms with Crippen molar-refractivity contribution >= 4 is 65.4 Å². The highest BCUT2D eigenvalue weighted by molar-refractivity contribution is 6.12. The van der Waals surface area contributed by atoms with Crippen LogP contribution in [0.25, 0.3) is 82.5 Å². The van der Waals surface area contributed by atoms with Gasteiger partial charge in [-0.15, -0.1) is 6.42 Å². The van der Waals surface area contributed by atoms with Crippen molar-refractivity contribution in [2.24, 2.45) is 0 Å². The number of terminal acetylenes is 1. The van der Waals surface area contributed by atoms with Crippen molar-refractivity contribution in [3.05, 3.63) is 232 Å². The number of aromatic nitrogens is 3. The molecule has 0 atom stereocenters. The second-order valence-corrected chi connectivity index (χ2v) is 25.7. The van der Waals surface area contributed by atoms with E-state index in [1.807, 2.05) is 12.1 Å². The third-order valence-corrected chi connectivity index (χ3v) is 16.0. The Balaban J connectivity index is 0.886. The molecule has 0 aliphatic carbocycles. The van der Waals surface area contributed by atoms with E-state index in [0.29, 0.717) is 0 Å². The fourth-order valence-corrected chi connectivity index (χ4v) is 11.3. The van der Waals surface area contributed by atoms with E-state index in [1.165, 1.54) is 65.9 Å². The lowest BCUT2D eigenvalue weighted by atomic mass is 9.85. The Labute approximate surface area is 466 Å². The average Bonchev–Trinajstić information content (AvgIpc) is 4.28. The molecule has 386 valence electrons. The van der Waals surface area contributed by atoms with Crippen molar-refractivity contribution in [3.8, 4) is 53.1 Å². The summed E-state index contributed by atoms with van der Waals surface area (Å²) in [7, 11) is 0. The van der Waals surface area contributed by atoms with Gasteiger partial charge in [0.15, 0.2) is 0 Å². The Kier molecular flexibility index (Phi) is 12.0. The molecule has 9 aromatic carbocycles. The van der Waals surface area contributed by atoms with Crippen LogP contribution in [-0.4, -0.2) is 13.7 Å². The van der Waals surface area contributed by atoms with Crippen molar-refractivity contribution in [2.75, 3.05) is 0 Å². The first kappa shape index (κ1) is 50.9. The van der Waals surface area contributed by atoms with Crippen LogP contribution in [0, 0.1) is 36.0 Å². The highest BCUT2D eigenvalue weighted by Gasteiger charge is 2.23. The van der Waals surface area contributed by atoms with E-state index in [2.05, 4.69) is 296 Å². The predicted molar refractivity (Wildman–Crippen MR) is 337 cm³/mol. The van der Waals surface area contributed by atoms with Crippen LogP contribution in [0.5, 0.6) is 0 Å². The highest BCUT2D eigenvalue weighted by Crippen LogP contribution is 2.40. The van der Waals surface area contributed by atoms with Gasteiger partial charge in [0.1, 0.15) is 0 Å². The summed E-state index contributed by atoms with van der Waals surface area (Å²) >= 11 is 0. The highest BCUT2D eigenvalue weighted by atomic mass is 15.0. The van der Waals surface area contributed by atoms with E-state index in [1.54, 1.807) is 0 Å². The molecule has 0 saturated heterocycles. The van der Waals surface area contributed by atoms with Crippen molar-refractivity contribution < 1.29 is 0 Å². The normalized spacial score (nSPS) is 12.3. The first-order valence-corrected chi connectivity index (χ1v) is 27.7. The molecule has 0 aliphatic rings. The third-order valence-electron chi connectivity index (χ3n) is 16.0. The Morgan fingerprint density at radius 2 is 0.468 bits per heavy atom. The van der Waals surface area contributed by atoms with Gasteiger partial charge in [-0.1, -0.05) is 137 Å². The molecular weight excluding hydrogens is 955 g/mol. The number of hydrogen-bond acceptors (Lipinski definition) is 0. The maximum absolute atomic E-state index is 5.79. The van der Waals surface area contributed by atoms with E-state index < -0.39 is 0 Å². The van der Waals surface area contributed by atoms with Crippen molar-refractivity contribution in [1.29, 1.82) is 0 Å². The molecule has 0 spiro atoms.